The molecule has 0 amide bonds. The molecule has 3 N–H and O–H groups in total. The minimum atomic E-state index is -0.483. The second-order valence-corrected chi connectivity index (χ2v) is 2.85. The maximum absolute atomic E-state index is 9.22. The molecule has 0 aromatic heterocycles. The highest BCUT2D eigenvalue weighted by atomic mass is 16.5. The molecule has 0 aliphatic carbocycles. The Morgan fingerprint density at radius 2 is 2.00 bits per heavy atom. The third-order valence-electron chi connectivity index (χ3n) is 1.30. The molecular weight excluding hydrogens is 158 g/mol. The van der Waals surface area contributed by atoms with Gasteiger partial charge in [0.1, 0.15) is 0 Å². The zero-order chi connectivity index (χ0) is 9.40. The molecule has 0 aliphatic rings. The van der Waals surface area contributed by atoms with Gasteiger partial charge in [-0.05, 0) is 13.5 Å². The minimum Gasteiger partial charge on any atom is -0.391 e. The zero-order valence-corrected chi connectivity index (χ0v) is 7.79. The summed E-state index contributed by atoms with van der Waals surface area (Å²) in [5.74, 6) is 0. The van der Waals surface area contributed by atoms with Crippen LogP contribution in [-0.2, 0) is 4.74 Å². The van der Waals surface area contributed by atoms with Crippen molar-refractivity contribution in [2.45, 2.75) is 26.1 Å². The molecule has 0 rings (SSSR count). The second-order valence-electron chi connectivity index (χ2n) is 2.85. The van der Waals surface area contributed by atoms with Crippen molar-refractivity contribution in [2.75, 3.05) is 26.3 Å². The lowest BCUT2D eigenvalue weighted by atomic mass is 10.3. The van der Waals surface area contributed by atoms with Gasteiger partial charge in [-0.2, -0.15) is 0 Å². The molecule has 4 nitrogen and oxygen atoms in total. The van der Waals surface area contributed by atoms with Gasteiger partial charge in [0.05, 0.1) is 25.4 Å². The largest absolute Gasteiger partial charge is 0.391 e. The van der Waals surface area contributed by atoms with Crippen molar-refractivity contribution in [3.63, 3.8) is 0 Å². The molecule has 0 aromatic rings. The number of hydrogen-bond acceptors (Lipinski definition) is 4. The van der Waals surface area contributed by atoms with Gasteiger partial charge in [0.15, 0.2) is 0 Å². The van der Waals surface area contributed by atoms with Gasteiger partial charge in [-0.15, -0.1) is 0 Å². The van der Waals surface area contributed by atoms with E-state index in [1.807, 2.05) is 6.92 Å². The summed E-state index contributed by atoms with van der Waals surface area (Å²) < 4.78 is 5.01. The van der Waals surface area contributed by atoms with Crippen LogP contribution in [0.25, 0.3) is 0 Å². The van der Waals surface area contributed by atoms with Crippen LogP contribution in [0.4, 0.5) is 0 Å². The van der Waals surface area contributed by atoms with Crippen LogP contribution in [-0.4, -0.2) is 48.7 Å². The van der Waals surface area contributed by atoms with Gasteiger partial charge in [-0.3, -0.25) is 0 Å². The summed E-state index contributed by atoms with van der Waals surface area (Å²) >= 11 is 0. The van der Waals surface area contributed by atoms with Crippen molar-refractivity contribution in [3.05, 3.63) is 0 Å². The quantitative estimate of drug-likeness (QED) is 0.484. The normalized spacial score (nSPS) is 16.0. The molecule has 74 valence electrons. The SMILES string of the molecule is CCNCC(O)COCC(C)O. The summed E-state index contributed by atoms with van der Waals surface area (Å²) in [5.41, 5.74) is 0. The first-order valence-electron chi connectivity index (χ1n) is 4.31. The van der Waals surface area contributed by atoms with E-state index < -0.39 is 12.2 Å². The first-order chi connectivity index (χ1) is 5.66. The lowest BCUT2D eigenvalue weighted by Crippen LogP contribution is -2.31. The highest BCUT2D eigenvalue weighted by Crippen LogP contribution is 1.86. The summed E-state index contributed by atoms with van der Waals surface area (Å²) in [4.78, 5) is 0. The van der Waals surface area contributed by atoms with E-state index >= 15 is 0 Å². The topological polar surface area (TPSA) is 61.7 Å². The van der Waals surface area contributed by atoms with E-state index in [1.54, 1.807) is 6.92 Å². The molecule has 12 heavy (non-hydrogen) atoms. The Bertz CT molecular complexity index is 98.3. The fourth-order valence-electron chi connectivity index (χ4n) is 0.745. The standard InChI is InChI=1S/C8H19NO3/c1-3-9-4-8(11)6-12-5-7(2)10/h7-11H,3-6H2,1-2H3. The predicted molar refractivity (Wildman–Crippen MR) is 47.1 cm³/mol. The van der Waals surface area contributed by atoms with E-state index in [2.05, 4.69) is 5.32 Å². The average Bonchev–Trinajstić information content (AvgIpc) is 2.00. The predicted octanol–water partition coefficient (Wildman–Crippen LogP) is -0.646. The average molecular weight is 177 g/mol. The molecule has 0 radical (unpaired) electrons. The molecule has 4 heteroatoms. The molecule has 0 bridgehead atoms. The van der Waals surface area contributed by atoms with E-state index in [0.29, 0.717) is 6.54 Å². The number of aliphatic hydroxyl groups is 2. The maximum atomic E-state index is 9.22. The van der Waals surface area contributed by atoms with Crippen molar-refractivity contribution in [2.24, 2.45) is 0 Å². The molecule has 0 saturated heterocycles. The number of rotatable bonds is 7. The lowest BCUT2D eigenvalue weighted by molar-refractivity contribution is -0.00126. The van der Waals surface area contributed by atoms with Crippen LogP contribution in [0.5, 0.6) is 0 Å². The summed E-state index contributed by atoms with van der Waals surface area (Å²) in [5, 5.41) is 21.0. The Balaban J connectivity index is 3.13. The second kappa shape index (κ2) is 7.49. The van der Waals surface area contributed by atoms with Gasteiger partial charge in [0.2, 0.25) is 0 Å². The molecule has 0 saturated carbocycles. The van der Waals surface area contributed by atoms with Gasteiger partial charge >= 0.3 is 0 Å². The fourth-order valence-corrected chi connectivity index (χ4v) is 0.745. The smallest absolute Gasteiger partial charge is 0.0897 e. The van der Waals surface area contributed by atoms with Crippen molar-refractivity contribution in [3.8, 4) is 0 Å². The number of aliphatic hydroxyl groups excluding tert-OH is 2. The van der Waals surface area contributed by atoms with Crippen molar-refractivity contribution >= 4 is 0 Å². The maximum Gasteiger partial charge on any atom is 0.0897 e. The monoisotopic (exact) mass is 177 g/mol. The Morgan fingerprint density at radius 1 is 1.33 bits per heavy atom. The van der Waals surface area contributed by atoms with Crippen LogP contribution >= 0.6 is 0 Å². The summed E-state index contributed by atoms with van der Waals surface area (Å²) in [6.07, 6.45) is -0.944. The number of hydrogen-bond donors (Lipinski definition) is 3. The fraction of sp³-hybridized carbons (Fsp3) is 1.00. The van der Waals surface area contributed by atoms with Gasteiger partial charge in [-0.1, -0.05) is 6.92 Å². The molecule has 0 heterocycles. The Labute approximate surface area is 73.5 Å². The van der Waals surface area contributed by atoms with Crippen LogP contribution in [0.2, 0.25) is 0 Å². The Morgan fingerprint density at radius 3 is 2.50 bits per heavy atom. The van der Waals surface area contributed by atoms with E-state index in [0.717, 1.165) is 6.54 Å². The summed E-state index contributed by atoms with van der Waals surface area (Å²) in [6.45, 7) is 5.56. The molecule has 2 unspecified atom stereocenters. The Hall–Kier alpha value is -0.160. The number of ether oxygens (including phenoxy) is 1. The Kier molecular flexibility index (Phi) is 7.39. The van der Waals surface area contributed by atoms with Gasteiger partial charge in [-0.25, -0.2) is 0 Å². The molecule has 0 aliphatic heterocycles. The highest BCUT2D eigenvalue weighted by Gasteiger charge is 2.03. The first-order valence-corrected chi connectivity index (χ1v) is 4.31. The van der Waals surface area contributed by atoms with Crippen LogP contribution in [0.1, 0.15) is 13.8 Å². The van der Waals surface area contributed by atoms with E-state index in [9.17, 15) is 5.11 Å². The van der Waals surface area contributed by atoms with Gasteiger partial charge in [0.25, 0.3) is 0 Å². The van der Waals surface area contributed by atoms with E-state index in [4.69, 9.17) is 9.84 Å². The number of nitrogens with one attached hydrogen (secondary N) is 1. The van der Waals surface area contributed by atoms with Crippen LogP contribution in [0, 0.1) is 0 Å². The highest BCUT2D eigenvalue weighted by molar-refractivity contribution is 4.57. The number of likely N-dealkylation sites (N-methyl/N-ethyl adjacent to an activating group) is 1. The summed E-state index contributed by atoms with van der Waals surface area (Å²) in [6, 6.07) is 0. The van der Waals surface area contributed by atoms with Crippen LogP contribution in [0.3, 0.4) is 0 Å². The van der Waals surface area contributed by atoms with Crippen molar-refractivity contribution < 1.29 is 14.9 Å². The van der Waals surface area contributed by atoms with Crippen LogP contribution in [0.15, 0.2) is 0 Å². The molecule has 0 fully saturated rings. The third-order valence-corrected chi connectivity index (χ3v) is 1.30. The van der Waals surface area contributed by atoms with Crippen molar-refractivity contribution in [1.29, 1.82) is 0 Å². The molecule has 0 aromatic carbocycles. The first kappa shape index (κ1) is 11.8. The minimum absolute atomic E-state index is 0.276. The third kappa shape index (κ3) is 7.94. The zero-order valence-electron chi connectivity index (χ0n) is 7.79. The van der Waals surface area contributed by atoms with E-state index in [-0.39, 0.29) is 13.2 Å². The summed E-state index contributed by atoms with van der Waals surface area (Å²) in [7, 11) is 0. The van der Waals surface area contributed by atoms with Crippen molar-refractivity contribution in [1.82, 2.24) is 5.32 Å². The molecule has 0 spiro atoms. The van der Waals surface area contributed by atoms with E-state index in [1.165, 1.54) is 0 Å². The van der Waals surface area contributed by atoms with Gasteiger partial charge in [0, 0.05) is 6.54 Å². The van der Waals surface area contributed by atoms with Gasteiger partial charge < -0.3 is 20.3 Å². The van der Waals surface area contributed by atoms with Crippen LogP contribution < -0.4 is 5.32 Å². The lowest BCUT2D eigenvalue weighted by Gasteiger charge is -2.12. The molecular formula is C8H19NO3. The molecule has 2 atom stereocenters.